The number of nitrogens with two attached hydrogens (primary N) is 1. The maximum atomic E-state index is 12.9. The van der Waals surface area contributed by atoms with Gasteiger partial charge in [-0.15, -0.1) is 0 Å². The molecule has 6 heteroatoms. The number of fused-ring (bicyclic) bond motifs is 2. The molecule has 0 radical (unpaired) electrons. The van der Waals surface area contributed by atoms with Gasteiger partial charge in [-0.2, -0.15) is 0 Å². The Hall–Kier alpha value is -3.93. The number of hydrogen-bond acceptors (Lipinski definition) is 6. The van der Waals surface area contributed by atoms with Gasteiger partial charge < -0.3 is 15.2 Å². The lowest BCUT2D eigenvalue weighted by Crippen LogP contribution is -2.24. The summed E-state index contributed by atoms with van der Waals surface area (Å²) < 4.78 is 10.9. The summed E-state index contributed by atoms with van der Waals surface area (Å²) in [5.41, 5.74) is 7.71. The van der Waals surface area contributed by atoms with Crippen molar-refractivity contribution in [2.24, 2.45) is 0 Å². The standard InChI is InChI=1S/C24H19NO5/c1-2-29-19-10-6-3-7-14(19)13-30-24(28)18-12-11-17-20(21(18)25)23(27)16-9-5-4-8-15(16)22(17)26/h3-12H,2,13,25H2,1H3. The van der Waals surface area contributed by atoms with Crippen molar-refractivity contribution in [2.75, 3.05) is 12.3 Å². The van der Waals surface area contributed by atoms with Crippen molar-refractivity contribution in [1.82, 2.24) is 0 Å². The molecule has 1 aliphatic rings. The lowest BCUT2D eigenvalue weighted by Gasteiger charge is -2.20. The number of ether oxygens (including phenoxy) is 2. The molecule has 3 aromatic carbocycles. The van der Waals surface area contributed by atoms with E-state index in [2.05, 4.69) is 0 Å². The molecule has 0 amide bonds. The van der Waals surface area contributed by atoms with Crippen LogP contribution in [0.15, 0.2) is 60.7 Å². The highest BCUT2D eigenvalue weighted by atomic mass is 16.5. The highest BCUT2D eigenvalue weighted by molar-refractivity contribution is 6.30. The predicted octanol–water partition coefficient (Wildman–Crippen LogP) is 3.80. The van der Waals surface area contributed by atoms with E-state index in [1.165, 1.54) is 12.1 Å². The van der Waals surface area contributed by atoms with Crippen molar-refractivity contribution in [3.05, 3.63) is 94.0 Å². The Morgan fingerprint density at radius 2 is 1.53 bits per heavy atom. The Morgan fingerprint density at radius 1 is 0.867 bits per heavy atom. The van der Waals surface area contributed by atoms with Gasteiger partial charge in [-0.3, -0.25) is 9.59 Å². The van der Waals surface area contributed by atoms with Crippen LogP contribution >= 0.6 is 0 Å². The fourth-order valence-electron chi connectivity index (χ4n) is 3.53. The first-order chi connectivity index (χ1) is 14.5. The van der Waals surface area contributed by atoms with Crippen molar-refractivity contribution in [3.8, 4) is 5.75 Å². The molecular formula is C24H19NO5. The van der Waals surface area contributed by atoms with Crippen LogP contribution in [0.2, 0.25) is 0 Å². The second kappa shape index (κ2) is 7.83. The average Bonchev–Trinajstić information content (AvgIpc) is 2.76. The van der Waals surface area contributed by atoms with Gasteiger partial charge in [0.1, 0.15) is 12.4 Å². The van der Waals surface area contributed by atoms with Crippen molar-refractivity contribution in [3.63, 3.8) is 0 Å². The molecule has 0 atom stereocenters. The van der Waals surface area contributed by atoms with E-state index in [9.17, 15) is 14.4 Å². The van der Waals surface area contributed by atoms with E-state index in [1.807, 2.05) is 19.1 Å². The number of hydrogen-bond donors (Lipinski definition) is 1. The number of carbonyl (C=O) groups is 3. The first kappa shape index (κ1) is 19.4. The maximum Gasteiger partial charge on any atom is 0.340 e. The Kier molecular flexibility index (Phi) is 5.06. The van der Waals surface area contributed by atoms with Gasteiger partial charge in [0, 0.05) is 22.3 Å². The number of anilines is 1. The molecule has 0 saturated heterocycles. The Labute approximate surface area is 173 Å². The van der Waals surface area contributed by atoms with Gasteiger partial charge in [0.05, 0.1) is 23.4 Å². The van der Waals surface area contributed by atoms with Gasteiger partial charge in [0.25, 0.3) is 0 Å². The van der Waals surface area contributed by atoms with Gasteiger partial charge in [-0.25, -0.2) is 4.79 Å². The number of rotatable bonds is 5. The van der Waals surface area contributed by atoms with E-state index in [1.54, 1.807) is 36.4 Å². The number of esters is 1. The summed E-state index contributed by atoms with van der Waals surface area (Å²) in [5.74, 6) is -0.726. The molecule has 6 nitrogen and oxygen atoms in total. The molecule has 0 bridgehead atoms. The van der Waals surface area contributed by atoms with E-state index >= 15 is 0 Å². The Balaban J connectivity index is 1.63. The maximum absolute atomic E-state index is 12.9. The molecule has 3 aromatic rings. The Morgan fingerprint density at radius 3 is 2.27 bits per heavy atom. The molecule has 0 saturated carbocycles. The molecule has 150 valence electrons. The monoisotopic (exact) mass is 401 g/mol. The highest BCUT2D eigenvalue weighted by Gasteiger charge is 2.33. The molecule has 0 aliphatic heterocycles. The third-order valence-electron chi connectivity index (χ3n) is 4.98. The minimum atomic E-state index is -0.680. The largest absolute Gasteiger partial charge is 0.493 e. The molecule has 30 heavy (non-hydrogen) atoms. The zero-order chi connectivity index (χ0) is 21.3. The van der Waals surface area contributed by atoms with E-state index in [-0.39, 0.29) is 46.1 Å². The fourth-order valence-corrected chi connectivity index (χ4v) is 3.53. The summed E-state index contributed by atoms with van der Waals surface area (Å²) in [6.45, 7) is 2.34. The SMILES string of the molecule is CCOc1ccccc1COC(=O)c1ccc2c(c1N)C(=O)c1ccccc1C2=O. The smallest absolute Gasteiger partial charge is 0.340 e. The van der Waals surface area contributed by atoms with Gasteiger partial charge in [-0.1, -0.05) is 42.5 Å². The molecule has 0 aromatic heterocycles. The zero-order valence-corrected chi connectivity index (χ0v) is 16.3. The van der Waals surface area contributed by atoms with Crippen LogP contribution in [-0.4, -0.2) is 24.1 Å². The van der Waals surface area contributed by atoms with Crippen molar-refractivity contribution < 1.29 is 23.9 Å². The molecule has 0 heterocycles. The lowest BCUT2D eigenvalue weighted by molar-refractivity contribution is 0.0470. The normalized spacial score (nSPS) is 12.2. The highest BCUT2D eigenvalue weighted by Crippen LogP contribution is 2.33. The predicted molar refractivity (Wildman–Crippen MR) is 111 cm³/mol. The Bertz CT molecular complexity index is 1180. The summed E-state index contributed by atoms with van der Waals surface area (Å²) in [7, 11) is 0. The van der Waals surface area contributed by atoms with E-state index in [0.717, 1.165) is 0 Å². The van der Waals surface area contributed by atoms with Crippen LogP contribution in [0.1, 0.15) is 54.7 Å². The molecule has 2 N–H and O–H groups in total. The van der Waals surface area contributed by atoms with E-state index in [4.69, 9.17) is 15.2 Å². The molecule has 0 unspecified atom stereocenters. The van der Waals surface area contributed by atoms with E-state index < -0.39 is 5.97 Å². The fraction of sp³-hybridized carbons (Fsp3) is 0.125. The van der Waals surface area contributed by atoms with Crippen LogP contribution in [0, 0.1) is 0 Å². The second-order valence-corrected chi connectivity index (χ2v) is 6.77. The number of para-hydroxylation sites is 1. The van der Waals surface area contributed by atoms with Crippen molar-refractivity contribution in [2.45, 2.75) is 13.5 Å². The summed E-state index contributed by atoms with van der Waals surface area (Å²) in [4.78, 5) is 38.4. The summed E-state index contributed by atoms with van der Waals surface area (Å²) in [6, 6.07) is 16.7. The quantitative estimate of drug-likeness (QED) is 0.404. The first-order valence-corrected chi connectivity index (χ1v) is 9.51. The second-order valence-electron chi connectivity index (χ2n) is 6.77. The van der Waals surface area contributed by atoms with Crippen LogP contribution in [0.3, 0.4) is 0 Å². The number of carbonyl (C=O) groups excluding carboxylic acids is 3. The lowest BCUT2D eigenvalue weighted by atomic mass is 9.82. The number of benzene rings is 3. The van der Waals surface area contributed by atoms with Gasteiger partial charge >= 0.3 is 5.97 Å². The molecule has 0 spiro atoms. The van der Waals surface area contributed by atoms with Crippen molar-refractivity contribution in [1.29, 1.82) is 0 Å². The summed E-state index contributed by atoms with van der Waals surface area (Å²) in [5, 5.41) is 0. The molecule has 4 rings (SSSR count). The number of nitrogen functional groups attached to an aromatic ring is 1. The van der Waals surface area contributed by atoms with Crippen LogP contribution in [0.25, 0.3) is 0 Å². The van der Waals surface area contributed by atoms with Gasteiger partial charge in [-0.05, 0) is 25.1 Å². The number of ketones is 2. The summed E-state index contributed by atoms with van der Waals surface area (Å²) in [6.07, 6.45) is 0. The topological polar surface area (TPSA) is 95.7 Å². The minimum absolute atomic E-state index is 0.0127. The first-order valence-electron chi connectivity index (χ1n) is 9.51. The average molecular weight is 401 g/mol. The third-order valence-corrected chi connectivity index (χ3v) is 4.98. The molecule has 0 fully saturated rings. The van der Waals surface area contributed by atoms with Crippen molar-refractivity contribution >= 4 is 23.2 Å². The zero-order valence-electron chi connectivity index (χ0n) is 16.3. The third kappa shape index (κ3) is 3.22. The molecule has 1 aliphatic carbocycles. The van der Waals surface area contributed by atoms with Gasteiger partial charge in [0.2, 0.25) is 0 Å². The van der Waals surface area contributed by atoms with Crippen LogP contribution < -0.4 is 10.5 Å². The van der Waals surface area contributed by atoms with Gasteiger partial charge in [0.15, 0.2) is 11.6 Å². The van der Waals surface area contributed by atoms with Crippen LogP contribution in [-0.2, 0) is 11.3 Å². The van der Waals surface area contributed by atoms with Crippen LogP contribution in [0.5, 0.6) is 5.75 Å². The summed E-state index contributed by atoms with van der Waals surface area (Å²) >= 11 is 0. The van der Waals surface area contributed by atoms with Crippen LogP contribution in [0.4, 0.5) is 5.69 Å². The van der Waals surface area contributed by atoms with E-state index in [0.29, 0.717) is 23.5 Å². The molecular weight excluding hydrogens is 382 g/mol. The minimum Gasteiger partial charge on any atom is -0.493 e.